The molecule has 0 saturated carbocycles. The predicted molar refractivity (Wildman–Crippen MR) is 242 cm³/mol. The number of benzene rings is 8. The van der Waals surface area contributed by atoms with Crippen LogP contribution in [0.5, 0.6) is 0 Å². The van der Waals surface area contributed by atoms with E-state index < -0.39 is 23.5 Å². The summed E-state index contributed by atoms with van der Waals surface area (Å²) in [5, 5.41) is 11.0. The van der Waals surface area contributed by atoms with Crippen LogP contribution in [0.15, 0.2) is 188 Å². The molecule has 0 atom stereocenters. The van der Waals surface area contributed by atoms with Crippen molar-refractivity contribution >= 4 is 21.8 Å². The van der Waals surface area contributed by atoms with Crippen molar-refractivity contribution < 1.29 is 26.3 Å². The quantitative estimate of drug-likeness (QED) is 0.150. The molecule has 0 unspecified atom stereocenters. The van der Waals surface area contributed by atoms with Gasteiger partial charge < -0.3 is 4.57 Å². The van der Waals surface area contributed by atoms with E-state index in [4.69, 9.17) is 15.0 Å². The van der Waals surface area contributed by atoms with E-state index in [1.807, 2.05) is 66.7 Å². The van der Waals surface area contributed by atoms with E-state index in [2.05, 4.69) is 6.07 Å². The van der Waals surface area contributed by atoms with Gasteiger partial charge in [0, 0.05) is 38.6 Å². The molecule has 0 N–H and O–H groups in total. The first kappa shape index (κ1) is 40.7. The molecule has 314 valence electrons. The standard InChI is InChI=1S/C54H31F6N5/c55-53(56,57)45-23-10-7-20-39(45)43-30-38(52-63-50(34-15-3-1-4-16-34)62-51(64-52)35-17-5-2-6-18-35)31-44(40-21-8-11-24-46(40)54(58,59)60)49(43)65-47-25-12-9-22-41(47)42-29-37(26-27-48(42)65)36-19-13-14-33(28-36)32-61/h1-31H. The molecule has 2 aromatic heterocycles. The van der Waals surface area contributed by atoms with Gasteiger partial charge in [-0.25, -0.2) is 15.0 Å². The van der Waals surface area contributed by atoms with Gasteiger partial charge in [-0.05, 0) is 76.9 Å². The van der Waals surface area contributed by atoms with Crippen molar-refractivity contribution in [1.82, 2.24) is 19.5 Å². The fourth-order valence-corrected chi connectivity index (χ4v) is 8.44. The number of nitrogens with zero attached hydrogens (tertiary/aromatic N) is 5. The molecule has 0 bridgehead atoms. The van der Waals surface area contributed by atoms with Crippen LogP contribution >= 0.6 is 0 Å². The first-order chi connectivity index (χ1) is 31.5. The Morgan fingerprint density at radius 2 is 0.846 bits per heavy atom. The highest BCUT2D eigenvalue weighted by Crippen LogP contribution is 2.49. The van der Waals surface area contributed by atoms with Gasteiger partial charge in [-0.3, -0.25) is 0 Å². The third-order valence-electron chi connectivity index (χ3n) is 11.3. The fourth-order valence-electron chi connectivity index (χ4n) is 8.44. The number of para-hydroxylation sites is 1. The lowest BCUT2D eigenvalue weighted by atomic mass is 9.88. The normalized spacial score (nSPS) is 11.8. The number of rotatable bonds is 7. The lowest BCUT2D eigenvalue weighted by Gasteiger charge is -2.24. The number of alkyl halides is 6. The fraction of sp³-hybridized carbons (Fsp3) is 0.0370. The Morgan fingerprint density at radius 1 is 0.385 bits per heavy atom. The zero-order valence-corrected chi connectivity index (χ0v) is 33.9. The molecule has 0 aliphatic rings. The third-order valence-corrected chi connectivity index (χ3v) is 11.3. The second kappa shape index (κ2) is 16.1. The molecule has 0 aliphatic heterocycles. The van der Waals surface area contributed by atoms with E-state index in [0.29, 0.717) is 38.5 Å². The SMILES string of the molecule is N#Cc1cccc(-c2ccc3c(c2)c2ccccc2n3-c2c(-c3ccccc3C(F)(F)F)cc(-c3nc(-c4ccccc4)nc(-c4ccccc4)n3)cc2-c2ccccc2C(F)(F)F)c1. The Kier molecular flexibility index (Phi) is 10.1. The molecule has 5 nitrogen and oxygen atoms in total. The Morgan fingerprint density at radius 3 is 1.40 bits per heavy atom. The van der Waals surface area contributed by atoms with Gasteiger partial charge in [-0.15, -0.1) is 0 Å². The average Bonchev–Trinajstić information content (AvgIpc) is 3.66. The summed E-state index contributed by atoms with van der Waals surface area (Å²) in [6.45, 7) is 0. The highest BCUT2D eigenvalue weighted by Gasteiger charge is 2.37. The van der Waals surface area contributed by atoms with Gasteiger partial charge in [0.2, 0.25) is 0 Å². The summed E-state index contributed by atoms with van der Waals surface area (Å²) in [6, 6.07) is 53.4. The molecule has 8 aromatic carbocycles. The summed E-state index contributed by atoms with van der Waals surface area (Å²) in [6.07, 6.45) is -9.73. The van der Waals surface area contributed by atoms with E-state index in [-0.39, 0.29) is 51.0 Å². The third kappa shape index (κ3) is 7.55. The number of hydrogen-bond acceptors (Lipinski definition) is 4. The summed E-state index contributed by atoms with van der Waals surface area (Å²) < 4.78 is 93.6. The minimum atomic E-state index is -4.87. The van der Waals surface area contributed by atoms with E-state index >= 15 is 26.3 Å². The van der Waals surface area contributed by atoms with E-state index in [1.165, 1.54) is 48.5 Å². The summed E-state index contributed by atoms with van der Waals surface area (Å²) in [5.74, 6) is 0.547. The van der Waals surface area contributed by atoms with Crippen molar-refractivity contribution in [3.63, 3.8) is 0 Å². The van der Waals surface area contributed by atoms with Crippen LogP contribution in [-0.2, 0) is 12.4 Å². The molecule has 0 saturated heterocycles. The van der Waals surface area contributed by atoms with Crippen LogP contribution in [0.25, 0.3) is 95.0 Å². The number of aromatic nitrogens is 4. The molecular weight excluding hydrogens is 833 g/mol. The minimum Gasteiger partial charge on any atom is -0.308 e. The van der Waals surface area contributed by atoms with Crippen LogP contribution in [0.2, 0.25) is 0 Å². The lowest BCUT2D eigenvalue weighted by molar-refractivity contribution is -0.137. The minimum absolute atomic E-state index is 0.0150. The van der Waals surface area contributed by atoms with Crippen molar-refractivity contribution in [2.45, 2.75) is 12.4 Å². The molecule has 0 aliphatic carbocycles. The van der Waals surface area contributed by atoms with Gasteiger partial charge in [0.15, 0.2) is 17.5 Å². The molecule has 10 rings (SSSR count). The largest absolute Gasteiger partial charge is 0.417 e. The molecule has 0 amide bonds. The maximum atomic E-state index is 15.3. The Balaban J connectivity index is 1.37. The van der Waals surface area contributed by atoms with Crippen LogP contribution < -0.4 is 0 Å². The molecule has 10 aromatic rings. The number of fused-ring (bicyclic) bond motifs is 3. The van der Waals surface area contributed by atoms with E-state index in [9.17, 15) is 5.26 Å². The van der Waals surface area contributed by atoms with Gasteiger partial charge in [0.25, 0.3) is 0 Å². The molecule has 0 fully saturated rings. The van der Waals surface area contributed by atoms with Gasteiger partial charge in [0.05, 0.1) is 39.5 Å². The van der Waals surface area contributed by atoms with E-state index in [0.717, 1.165) is 23.3 Å². The lowest BCUT2D eigenvalue weighted by Crippen LogP contribution is -2.11. The van der Waals surface area contributed by atoms with Gasteiger partial charge in [-0.2, -0.15) is 31.6 Å². The second-order valence-electron chi connectivity index (χ2n) is 15.3. The van der Waals surface area contributed by atoms with Gasteiger partial charge >= 0.3 is 12.4 Å². The molecule has 11 heteroatoms. The molecule has 0 radical (unpaired) electrons. The predicted octanol–water partition coefficient (Wildman–Crippen LogP) is 14.9. The second-order valence-corrected chi connectivity index (χ2v) is 15.3. The van der Waals surface area contributed by atoms with Crippen molar-refractivity contribution in [2.75, 3.05) is 0 Å². The van der Waals surface area contributed by atoms with Gasteiger partial charge in [-0.1, -0.05) is 133 Å². The smallest absolute Gasteiger partial charge is 0.308 e. The first-order valence-corrected chi connectivity index (χ1v) is 20.4. The number of hydrogen-bond donors (Lipinski definition) is 0. The topological polar surface area (TPSA) is 67.4 Å². The summed E-state index contributed by atoms with van der Waals surface area (Å²) in [4.78, 5) is 14.5. The molecule has 0 spiro atoms. The van der Waals surface area contributed by atoms with Crippen molar-refractivity contribution in [2.24, 2.45) is 0 Å². The first-order valence-electron chi connectivity index (χ1n) is 20.4. The van der Waals surface area contributed by atoms with Crippen molar-refractivity contribution in [3.05, 3.63) is 205 Å². The monoisotopic (exact) mass is 863 g/mol. The Hall–Kier alpha value is -8.36. The van der Waals surface area contributed by atoms with Gasteiger partial charge in [0.1, 0.15) is 0 Å². The summed E-state index contributed by atoms with van der Waals surface area (Å²) in [7, 11) is 0. The average molecular weight is 864 g/mol. The molecule has 2 heterocycles. The summed E-state index contributed by atoms with van der Waals surface area (Å²) in [5.41, 5.74) is 1.98. The van der Waals surface area contributed by atoms with E-state index in [1.54, 1.807) is 65.2 Å². The van der Waals surface area contributed by atoms with Crippen LogP contribution in [0, 0.1) is 11.3 Å². The van der Waals surface area contributed by atoms with Crippen LogP contribution in [0.4, 0.5) is 26.3 Å². The number of halogens is 6. The van der Waals surface area contributed by atoms with Crippen LogP contribution in [0.1, 0.15) is 16.7 Å². The Labute approximate surface area is 368 Å². The van der Waals surface area contributed by atoms with Crippen molar-refractivity contribution in [1.29, 1.82) is 5.26 Å². The van der Waals surface area contributed by atoms with Crippen molar-refractivity contribution in [3.8, 4) is 79.3 Å². The zero-order chi connectivity index (χ0) is 44.9. The zero-order valence-electron chi connectivity index (χ0n) is 33.9. The molecule has 65 heavy (non-hydrogen) atoms. The number of nitriles is 1. The maximum absolute atomic E-state index is 15.3. The molecular formula is C54H31F6N5. The Bertz CT molecular complexity index is 3340. The maximum Gasteiger partial charge on any atom is 0.417 e. The highest BCUT2D eigenvalue weighted by molar-refractivity contribution is 6.12. The highest BCUT2D eigenvalue weighted by atomic mass is 19.4. The van der Waals surface area contributed by atoms with Crippen LogP contribution in [0.3, 0.4) is 0 Å². The van der Waals surface area contributed by atoms with Crippen LogP contribution in [-0.4, -0.2) is 19.5 Å². The summed E-state index contributed by atoms with van der Waals surface area (Å²) >= 11 is 0.